The summed E-state index contributed by atoms with van der Waals surface area (Å²) in [5.41, 5.74) is -1.32. The minimum Gasteiger partial charge on any atom is -0.491 e. The Bertz CT molecular complexity index is 350. The van der Waals surface area contributed by atoms with E-state index in [4.69, 9.17) is 0 Å². The van der Waals surface area contributed by atoms with Gasteiger partial charge in [0.2, 0.25) is 5.82 Å². The highest BCUT2D eigenvalue weighted by molar-refractivity contribution is 5.33. The van der Waals surface area contributed by atoms with Crippen LogP contribution in [0.5, 0.6) is 5.75 Å². The first-order chi connectivity index (χ1) is 6.49. The number of benzene rings is 1. The molecule has 0 bridgehead atoms. The first-order valence-corrected chi connectivity index (χ1v) is 3.48. The van der Waals surface area contributed by atoms with E-state index in [1.54, 1.807) is 0 Å². The van der Waals surface area contributed by atoms with E-state index in [-0.39, 0.29) is 6.07 Å². The number of methoxy groups -OCH3 is 1. The van der Waals surface area contributed by atoms with Gasteiger partial charge in [0.1, 0.15) is 0 Å². The monoisotopic (exact) mass is 212 g/mol. The Labute approximate surface area is 76.1 Å². The van der Waals surface area contributed by atoms with Crippen molar-refractivity contribution in [3.05, 3.63) is 29.1 Å². The lowest BCUT2D eigenvalue weighted by atomic mass is 10.2. The Morgan fingerprint density at radius 3 is 2.14 bits per heavy atom. The van der Waals surface area contributed by atoms with E-state index in [2.05, 4.69) is 4.74 Å². The maximum absolute atomic E-state index is 12.8. The number of hydrogen-bond acceptors (Lipinski definition) is 1. The summed E-state index contributed by atoms with van der Waals surface area (Å²) in [6.45, 7) is 0. The molecule has 0 atom stereocenters. The molecule has 0 aliphatic carbocycles. The fourth-order valence-electron chi connectivity index (χ4n) is 0.943. The molecule has 0 unspecified atom stereocenters. The van der Waals surface area contributed by atoms with Gasteiger partial charge in [0, 0.05) is 0 Å². The molecular weight excluding hydrogens is 207 g/mol. The van der Waals surface area contributed by atoms with Crippen molar-refractivity contribution in [3.8, 4) is 5.75 Å². The summed E-state index contributed by atoms with van der Waals surface area (Å²) in [7, 11) is 0.906. The molecule has 1 rings (SSSR count). The lowest BCUT2D eigenvalue weighted by Gasteiger charge is -2.07. The van der Waals surface area contributed by atoms with E-state index < -0.39 is 35.2 Å². The summed E-state index contributed by atoms with van der Waals surface area (Å²) in [4.78, 5) is 0. The molecule has 0 saturated heterocycles. The van der Waals surface area contributed by atoms with Crippen LogP contribution in [0.3, 0.4) is 0 Å². The molecule has 6 heteroatoms. The van der Waals surface area contributed by atoms with Gasteiger partial charge in [0.05, 0.1) is 12.7 Å². The van der Waals surface area contributed by atoms with Crippen LogP contribution in [0.1, 0.15) is 12.0 Å². The van der Waals surface area contributed by atoms with E-state index in [0.717, 1.165) is 7.11 Å². The molecule has 0 aliphatic heterocycles. The molecule has 78 valence electrons. The SMILES string of the molecule is COc1c(F)cc(C(F)F)c(F)c1F. The highest BCUT2D eigenvalue weighted by Crippen LogP contribution is 2.31. The number of hydrogen-bond donors (Lipinski definition) is 0. The molecule has 0 amide bonds. The summed E-state index contributed by atoms with van der Waals surface area (Å²) in [6.07, 6.45) is -3.27. The number of halogens is 5. The average molecular weight is 212 g/mol. The summed E-state index contributed by atoms with van der Waals surface area (Å²) < 4.78 is 66.6. The highest BCUT2D eigenvalue weighted by atomic mass is 19.3. The lowest BCUT2D eigenvalue weighted by molar-refractivity contribution is 0.144. The second kappa shape index (κ2) is 3.81. The van der Waals surface area contributed by atoms with Crippen molar-refractivity contribution in [2.45, 2.75) is 6.43 Å². The molecule has 0 aromatic heterocycles. The van der Waals surface area contributed by atoms with Gasteiger partial charge in [-0.2, -0.15) is 4.39 Å². The molecular formula is C8H5F5O. The molecule has 1 aromatic carbocycles. The first kappa shape index (κ1) is 10.7. The van der Waals surface area contributed by atoms with Crippen molar-refractivity contribution in [1.82, 2.24) is 0 Å². The quantitative estimate of drug-likeness (QED) is 0.540. The number of ether oxygens (including phenoxy) is 1. The normalized spacial score (nSPS) is 10.8. The van der Waals surface area contributed by atoms with Gasteiger partial charge in [0.15, 0.2) is 17.4 Å². The van der Waals surface area contributed by atoms with E-state index in [9.17, 15) is 22.0 Å². The third-order valence-corrected chi connectivity index (χ3v) is 1.58. The molecule has 0 saturated carbocycles. The number of rotatable bonds is 2. The molecule has 0 fully saturated rings. The molecule has 14 heavy (non-hydrogen) atoms. The van der Waals surface area contributed by atoms with Gasteiger partial charge in [-0.05, 0) is 6.07 Å². The molecule has 1 nitrogen and oxygen atoms in total. The van der Waals surface area contributed by atoms with E-state index in [1.807, 2.05) is 0 Å². The third kappa shape index (κ3) is 1.64. The second-order valence-electron chi connectivity index (χ2n) is 2.41. The van der Waals surface area contributed by atoms with Crippen molar-refractivity contribution in [3.63, 3.8) is 0 Å². The van der Waals surface area contributed by atoms with Crippen LogP contribution in [0, 0.1) is 17.5 Å². The fraction of sp³-hybridized carbons (Fsp3) is 0.250. The minimum atomic E-state index is -3.27. The summed E-state index contributed by atoms with van der Waals surface area (Å²) in [5.74, 6) is -5.91. The molecule has 1 aromatic rings. The van der Waals surface area contributed by atoms with Gasteiger partial charge in [0.25, 0.3) is 6.43 Å². The molecule has 0 spiro atoms. The van der Waals surface area contributed by atoms with Crippen LogP contribution in [0.25, 0.3) is 0 Å². The van der Waals surface area contributed by atoms with Gasteiger partial charge < -0.3 is 4.74 Å². The Morgan fingerprint density at radius 1 is 1.14 bits per heavy atom. The molecule has 0 aliphatic rings. The Hall–Kier alpha value is -1.33. The van der Waals surface area contributed by atoms with E-state index >= 15 is 0 Å². The maximum atomic E-state index is 12.8. The van der Waals surface area contributed by atoms with Crippen molar-refractivity contribution < 1.29 is 26.7 Å². The van der Waals surface area contributed by atoms with Gasteiger partial charge in [-0.25, -0.2) is 17.6 Å². The van der Waals surface area contributed by atoms with Gasteiger partial charge in [-0.3, -0.25) is 0 Å². The Kier molecular flexibility index (Phi) is 2.93. The summed E-state index contributed by atoms with van der Waals surface area (Å²) in [5, 5.41) is 0. The smallest absolute Gasteiger partial charge is 0.266 e. The van der Waals surface area contributed by atoms with Gasteiger partial charge in [-0.15, -0.1) is 0 Å². The summed E-state index contributed by atoms with van der Waals surface area (Å²) >= 11 is 0. The van der Waals surface area contributed by atoms with Crippen molar-refractivity contribution >= 4 is 0 Å². The van der Waals surface area contributed by atoms with Crippen LogP contribution in [0.4, 0.5) is 22.0 Å². The average Bonchev–Trinajstić information content (AvgIpc) is 2.12. The Balaban J connectivity index is 3.40. The summed E-state index contributed by atoms with van der Waals surface area (Å²) in [6, 6.07) is 0.210. The predicted molar refractivity (Wildman–Crippen MR) is 37.8 cm³/mol. The lowest BCUT2D eigenvalue weighted by Crippen LogP contribution is -2.01. The van der Waals surface area contributed by atoms with E-state index in [1.165, 1.54) is 0 Å². The Morgan fingerprint density at radius 2 is 1.71 bits per heavy atom. The van der Waals surface area contributed by atoms with E-state index in [0.29, 0.717) is 0 Å². The van der Waals surface area contributed by atoms with Crippen LogP contribution in [-0.4, -0.2) is 7.11 Å². The fourth-order valence-corrected chi connectivity index (χ4v) is 0.943. The zero-order valence-corrected chi connectivity index (χ0v) is 6.95. The molecule has 0 heterocycles. The largest absolute Gasteiger partial charge is 0.491 e. The highest BCUT2D eigenvalue weighted by Gasteiger charge is 2.23. The van der Waals surface area contributed by atoms with Gasteiger partial charge >= 0.3 is 0 Å². The molecule has 0 radical (unpaired) electrons. The van der Waals surface area contributed by atoms with Crippen LogP contribution in [0.2, 0.25) is 0 Å². The van der Waals surface area contributed by atoms with Crippen molar-refractivity contribution in [2.75, 3.05) is 7.11 Å². The maximum Gasteiger partial charge on any atom is 0.266 e. The topological polar surface area (TPSA) is 9.23 Å². The van der Waals surface area contributed by atoms with Crippen LogP contribution in [0.15, 0.2) is 6.07 Å². The predicted octanol–water partition coefficient (Wildman–Crippen LogP) is 3.05. The van der Waals surface area contributed by atoms with Crippen LogP contribution in [-0.2, 0) is 0 Å². The van der Waals surface area contributed by atoms with Crippen molar-refractivity contribution in [1.29, 1.82) is 0 Å². The van der Waals surface area contributed by atoms with Crippen LogP contribution >= 0.6 is 0 Å². The number of alkyl halides is 2. The van der Waals surface area contributed by atoms with Crippen molar-refractivity contribution in [2.24, 2.45) is 0 Å². The first-order valence-electron chi connectivity index (χ1n) is 3.48. The zero-order chi connectivity index (χ0) is 10.9. The third-order valence-electron chi connectivity index (χ3n) is 1.58. The molecule has 0 N–H and O–H groups in total. The van der Waals surface area contributed by atoms with Gasteiger partial charge in [-0.1, -0.05) is 0 Å². The second-order valence-corrected chi connectivity index (χ2v) is 2.41. The zero-order valence-electron chi connectivity index (χ0n) is 6.95. The standard InChI is InChI=1S/C8H5F5O/c1-14-7-4(9)2-3(8(12)13)5(10)6(7)11/h2,8H,1H3. The van der Waals surface area contributed by atoms with Crippen LogP contribution < -0.4 is 4.74 Å². The minimum absolute atomic E-state index is 0.210.